The number of ether oxygens (including phenoxy) is 1. The number of carboxylic acids is 1. The van der Waals surface area contributed by atoms with Gasteiger partial charge in [0.05, 0.1) is 6.61 Å². The second-order valence-corrected chi connectivity index (χ2v) is 7.00. The van der Waals surface area contributed by atoms with Crippen LogP contribution in [0.25, 0.3) is 0 Å². The van der Waals surface area contributed by atoms with Crippen LogP contribution in [0.15, 0.2) is 24.3 Å². The van der Waals surface area contributed by atoms with Crippen LogP contribution < -0.4 is 0 Å². The third-order valence-electron chi connectivity index (χ3n) is 5.21. The fraction of sp³-hybridized carbons (Fsp3) is 0.579. The first-order chi connectivity index (χ1) is 12.0. The van der Waals surface area contributed by atoms with Gasteiger partial charge >= 0.3 is 5.97 Å². The third kappa shape index (κ3) is 3.41. The summed E-state index contributed by atoms with van der Waals surface area (Å²) in [6, 6.07) is 6.37. The van der Waals surface area contributed by atoms with Crippen LogP contribution >= 0.6 is 0 Å². The quantitative estimate of drug-likeness (QED) is 0.904. The highest BCUT2D eigenvalue weighted by Crippen LogP contribution is 2.38. The van der Waals surface area contributed by atoms with Crippen molar-refractivity contribution in [2.45, 2.75) is 44.9 Å². The zero-order chi connectivity index (χ0) is 18.0. The summed E-state index contributed by atoms with van der Waals surface area (Å²) >= 11 is 0. The van der Waals surface area contributed by atoms with Gasteiger partial charge in [0.2, 0.25) is 0 Å². The van der Waals surface area contributed by atoms with Crippen molar-refractivity contribution in [1.29, 1.82) is 0 Å². The van der Waals surface area contributed by atoms with E-state index in [1.165, 1.54) is 4.90 Å². The Hall–Kier alpha value is -1.92. The van der Waals surface area contributed by atoms with Crippen LogP contribution in [0.2, 0.25) is 0 Å². The number of nitrogens with zero attached hydrogens (tertiary/aromatic N) is 2. The van der Waals surface area contributed by atoms with Gasteiger partial charge in [-0.2, -0.15) is 0 Å². The minimum absolute atomic E-state index is 0.0562. The average molecular weight is 346 g/mol. The lowest BCUT2D eigenvalue weighted by Crippen LogP contribution is -2.58. The molecule has 136 valence electrons. The molecule has 25 heavy (non-hydrogen) atoms. The van der Waals surface area contributed by atoms with Crippen LogP contribution in [-0.2, 0) is 9.53 Å². The number of carboxylic acid groups (broad SMARTS) is 1. The summed E-state index contributed by atoms with van der Waals surface area (Å²) in [6.07, 6.45) is 2.38. The van der Waals surface area contributed by atoms with Crippen LogP contribution in [0.1, 0.15) is 42.1 Å². The Morgan fingerprint density at radius 3 is 2.64 bits per heavy atom. The zero-order valence-corrected chi connectivity index (χ0v) is 14.9. The predicted molar refractivity (Wildman–Crippen MR) is 93.4 cm³/mol. The van der Waals surface area contributed by atoms with E-state index in [-0.39, 0.29) is 12.5 Å². The highest BCUT2D eigenvalue weighted by atomic mass is 16.5. The number of aliphatic carboxylic acids is 1. The van der Waals surface area contributed by atoms with Crippen LogP contribution in [0.3, 0.4) is 0 Å². The first-order valence-electron chi connectivity index (χ1n) is 8.96. The third-order valence-corrected chi connectivity index (χ3v) is 5.21. The fourth-order valence-electron chi connectivity index (χ4n) is 3.92. The summed E-state index contributed by atoms with van der Waals surface area (Å²) in [6.45, 7) is 6.77. The SMILES string of the molecule is CCCN1CCC2(CC1)OC[C@H](C(=O)O)N2C(=O)c1cccc(C)c1. The van der Waals surface area contributed by atoms with Crippen molar-refractivity contribution < 1.29 is 19.4 Å². The molecule has 0 saturated carbocycles. The zero-order valence-electron chi connectivity index (χ0n) is 14.9. The van der Waals surface area contributed by atoms with Gasteiger partial charge in [-0.25, -0.2) is 4.79 Å². The molecule has 0 radical (unpaired) electrons. The summed E-state index contributed by atoms with van der Waals surface area (Å²) in [7, 11) is 0. The Labute approximate surface area is 148 Å². The number of carbonyl (C=O) groups is 2. The lowest BCUT2D eigenvalue weighted by atomic mass is 9.96. The van der Waals surface area contributed by atoms with E-state index in [0.717, 1.165) is 31.6 Å². The molecule has 0 unspecified atom stereocenters. The van der Waals surface area contributed by atoms with Crippen molar-refractivity contribution in [2.75, 3.05) is 26.2 Å². The molecule has 0 bridgehead atoms. The highest BCUT2D eigenvalue weighted by molar-refractivity contribution is 5.97. The summed E-state index contributed by atoms with van der Waals surface area (Å²) in [5.41, 5.74) is 0.700. The number of likely N-dealkylation sites (tertiary alicyclic amines) is 1. The number of rotatable bonds is 4. The van der Waals surface area contributed by atoms with Crippen molar-refractivity contribution in [3.05, 3.63) is 35.4 Å². The monoisotopic (exact) mass is 346 g/mol. The Morgan fingerprint density at radius 1 is 1.32 bits per heavy atom. The number of carbonyl (C=O) groups excluding carboxylic acids is 1. The average Bonchev–Trinajstić information content (AvgIpc) is 2.96. The molecule has 1 spiro atoms. The molecular formula is C19H26N2O4. The van der Waals surface area contributed by atoms with Gasteiger partial charge in [0, 0.05) is 31.5 Å². The molecule has 1 amide bonds. The standard InChI is InChI=1S/C19H26N2O4/c1-3-9-20-10-7-19(8-11-20)21(16(13-25-19)18(23)24)17(22)15-6-4-5-14(2)12-15/h4-6,12,16H,3,7-11,13H2,1-2H3,(H,23,24)/t16-/m1/s1. The van der Waals surface area contributed by atoms with Crippen molar-refractivity contribution in [3.8, 4) is 0 Å². The molecule has 2 heterocycles. The number of benzene rings is 1. The van der Waals surface area contributed by atoms with E-state index in [1.807, 2.05) is 19.1 Å². The first-order valence-corrected chi connectivity index (χ1v) is 8.96. The first kappa shape index (κ1) is 17.9. The maximum absolute atomic E-state index is 13.2. The maximum Gasteiger partial charge on any atom is 0.328 e. The van der Waals surface area contributed by atoms with E-state index in [9.17, 15) is 14.7 Å². The smallest absolute Gasteiger partial charge is 0.328 e. The van der Waals surface area contributed by atoms with Gasteiger partial charge in [0.15, 0.2) is 6.04 Å². The highest BCUT2D eigenvalue weighted by Gasteiger charge is 2.53. The molecule has 0 aliphatic carbocycles. The Kier molecular flexibility index (Phi) is 5.11. The van der Waals surface area contributed by atoms with E-state index < -0.39 is 17.7 Å². The second kappa shape index (κ2) is 7.14. The van der Waals surface area contributed by atoms with Crippen molar-refractivity contribution >= 4 is 11.9 Å². The number of aryl methyl sites for hydroxylation is 1. The van der Waals surface area contributed by atoms with Gasteiger partial charge in [-0.3, -0.25) is 9.69 Å². The van der Waals surface area contributed by atoms with Crippen molar-refractivity contribution in [1.82, 2.24) is 9.80 Å². The van der Waals surface area contributed by atoms with E-state index in [1.54, 1.807) is 12.1 Å². The fourth-order valence-corrected chi connectivity index (χ4v) is 3.92. The lowest BCUT2D eigenvalue weighted by Gasteiger charge is -2.44. The minimum atomic E-state index is -1.01. The predicted octanol–water partition coefficient (Wildman–Crippen LogP) is 2.12. The molecule has 0 aromatic heterocycles. The molecular weight excluding hydrogens is 320 g/mol. The molecule has 3 rings (SSSR count). The van der Waals surface area contributed by atoms with Crippen LogP contribution in [-0.4, -0.2) is 64.8 Å². The van der Waals surface area contributed by atoms with E-state index in [0.29, 0.717) is 18.4 Å². The number of amides is 1. The molecule has 6 heteroatoms. The van der Waals surface area contributed by atoms with E-state index >= 15 is 0 Å². The summed E-state index contributed by atoms with van der Waals surface area (Å²) in [5, 5.41) is 9.60. The van der Waals surface area contributed by atoms with Gasteiger partial charge in [-0.05, 0) is 32.0 Å². The normalized spacial score (nSPS) is 23.1. The molecule has 6 nitrogen and oxygen atoms in total. The van der Waals surface area contributed by atoms with Gasteiger partial charge in [0.1, 0.15) is 5.72 Å². The van der Waals surface area contributed by atoms with Gasteiger partial charge in [-0.15, -0.1) is 0 Å². The largest absolute Gasteiger partial charge is 0.480 e. The molecule has 2 aliphatic heterocycles. The summed E-state index contributed by atoms with van der Waals surface area (Å²) < 4.78 is 5.96. The van der Waals surface area contributed by atoms with Crippen molar-refractivity contribution in [2.24, 2.45) is 0 Å². The summed E-state index contributed by atoms with van der Waals surface area (Å²) in [4.78, 5) is 28.7. The topological polar surface area (TPSA) is 70.1 Å². The number of hydrogen-bond acceptors (Lipinski definition) is 4. The van der Waals surface area contributed by atoms with Gasteiger partial charge in [0.25, 0.3) is 5.91 Å². The molecule has 1 aromatic rings. The maximum atomic E-state index is 13.2. The number of hydrogen-bond donors (Lipinski definition) is 1. The Balaban J connectivity index is 1.88. The molecule has 1 atom stereocenters. The van der Waals surface area contributed by atoms with E-state index in [2.05, 4.69) is 11.8 Å². The molecule has 2 saturated heterocycles. The van der Waals surface area contributed by atoms with Crippen LogP contribution in [0.4, 0.5) is 0 Å². The lowest BCUT2D eigenvalue weighted by molar-refractivity contribution is -0.143. The van der Waals surface area contributed by atoms with Crippen molar-refractivity contribution in [3.63, 3.8) is 0 Å². The second-order valence-electron chi connectivity index (χ2n) is 7.00. The number of piperidine rings is 1. The minimum Gasteiger partial charge on any atom is -0.480 e. The van der Waals surface area contributed by atoms with Crippen LogP contribution in [0.5, 0.6) is 0 Å². The molecule has 1 N–H and O–H groups in total. The van der Waals surface area contributed by atoms with Gasteiger partial charge < -0.3 is 14.7 Å². The Morgan fingerprint density at radius 2 is 2.04 bits per heavy atom. The molecule has 2 fully saturated rings. The van der Waals surface area contributed by atoms with Crippen LogP contribution in [0, 0.1) is 6.92 Å². The summed E-state index contributed by atoms with van der Waals surface area (Å²) in [5.74, 6) is -1.26. The Bertz CT molecular complexity index is 653. The molecule has 1 aromatic carbocycles. The molecule has 2 aliphatic rings. The van der Waals surface area contributed by atoms with Gasteiger partial charge in [-0.1, -0.05) is 24.6 Å². The van der Waals surface area contributed by atoms with E-state index in [4.69, 9.17) is 4.74 Å².